The zero-order valence-corrected chi connectivity index (χ0v) is 5.51. The Balaban J connectivity index is 3.54. The summed E-state index contributed by atoms with van der Waals surface area (Å²) < 4.78 is 20.9. The van der Waals surface area contributed by atoms with E-state index in [0.29, 0.717) is 0 Å². The van der Waals surface area contributed by atoms with Crippen LogP contribution in [0, 0.1) is 0 Å². The maximum absolute atomic E-state index is 11.7. The molecule has 0 fully saturated rings. The zero-order chi connectivity index (χ0) is 6.08. The molecule has 0 saturated carbocycles. The van der Waals surface area contributed by atoms with E-state index in [1.54, 1.807) is 20.8 Å². The van der Waals surface area contributed by atoms with Gasteiger partial charge in [0.2, 0.25) is 0 Å². The van der Waals surface area contributed by atoms with Gasteiger partial charge in [0.15, 0.2) is 16.3 Å². The fourth-order valence-corrected chi connectivity index (χ4v) is 0. The Hall–Kier alpha value is 0.240. The molecule has 0 aliphatic heterocycles. The predicted molar refractivity (Wildman–Crippen MR) is 29.0 cm³/mol. The Morgan fingerprint density at radius 1 is 1.43 bits per heavy atom. The van der Waals surface area contributed by atoms with Crippen LogP contribution in [-0.4, -0.2) is 9.30 Å². The van der Waals surface area contributed by atoms with Gasteiger partial charge in [0.1, 0.15) is 0 Å². The molecular weight excluding hydrogens is 115 g/mol. The van der Waals surface area contributed by atoms with Crippen molar-refractivity contribution in [2.75, 3.05) is 0 Å². The molecule has 44 valence electrons. The number of halogens is 1. The third kappa shape index (κ3) is 2.88. The first-order chi connectivity index (χ1) is 2.94. The highest BCUT2D eigenvalue weighted by molar-refractivity contribution is 7.87. The molecule has 0 aliphatic carbocycles. The molecule has 0 spiro atoms. The van der Waals surface area contributed by atoms with E-state index >= 15 is 0 Å². The summed E-state index contributed by atoms with van der Waals surface area (Å²) in [4.78, 5) is 0. The first-order valence-electron chi connectivity index (χ1n) is 2.03. The Bertz CT molecular complexity index is 57.2. The van der Waals surface area contributed by atoms with Gasteiger partial charge >= 0.3 is 0 Å². The summed E-state index contributed by atoms with van der Waals surface area (Å²) >= 11 is -2.18. The normalized spacial score (nSPS) is 16.7. The van der Waals surface area contributed by atoms with Gasteiger partial charge in [-0.3, -0.25) is 0 Å². The number of hydrogen-bond donors (Lipinski definition) is 0. The largest absolute Gasteiger partial charge is 0.580 e. The molecule has 0 rings (SSSR count). The fraction of sp³-hybridized carbons (Fsp3) is 1.00. The predicted octanol–water partition coefficient (Wildman–Crippen LogP) is 1.42. The topological polar surface area (TPSA) is 23.1 Å². The first kappa shape index (κ1) is 7.24. The van der Waals surface area contributed by atoms with E-state index in [1.807, 2.05) is 0 Å². The third-order valence-electron chi connectivity index (χ3n) is 0.481. The molecular formula is C4H9FOS. The Morgan fingerprint density at radius 3 is 1.57 bits per heavy atom. The smallest absolute Gasteiger partial charge is 0.182 e. The summed E-state index contributed by atoms with van der Waals surface area (Å²) in [6.07, 6.45) is 0. The molecule has 0 heterocycles. The maximum atomic E-state index is 11.7. The molecule has 0 bridgehead atoms. The van der Waals surface area contributed by atoms with Crippen LogP contribution in [0.15, 0.2) is 0 Å². The van der Waals surface area contributed by atoms with Crippen molar-refractivity contribution < 1.29 is 8.44 Å². The molecule has 0 aromatic rings. The van der Waals surface area contributed by atoms with Crippen molar-refractivity contribution in [2.45, 2.75) is 25.5 Å². The van der Waals surface area contributed by atoms with Gasteiger partial charge in [-0.25, -0.2) is 0 Å². The van der Waals surface area contributed by atoms with Crippen molar-refractivity contribution >= 4 is 11.6 Å². The lowest BCUT2D eigenvalue weighted by Crippen LogP contribution is -2.23. The molecule has 1 nitrogen and oxygen atoms in total. The third-order valence-corrected chi connectivity index (χ3v) is 1.44. The molecule has 7 heavy (non-hydrogen) atoms. The lowest BCUT2D eigenvalue weighted by molar-refractivity contribution is 0.513. The lowest BCUT2D eigenvalue weighted by atomic mass is 10.3. The van der Waals surface area contributed by atoms with Gasteiger partial charge in [-0.1, -0.05) is 0 Å². The van der Waals surface area contributed by atoms with E-state index in [4.69, 9.17) is 0 Å². The Morgan fingerprint density at radius 2 is 1.57 bits per heavy atom. The van der Waals surface area contributed by atoms with Gasteiger partial charge in [-0.15, -0.1) is 0 Å². The van der Waals surface area contributed by atoms with Gasteiger partial charge in [-0.2, -0.15) is 0 Å². The quantitative estimate of drug-likeness (QED) is 0.448. The van der Waals surface area contributed by atoms with Crippen molar-refractivity contribution in [3.05, 3.63) is 0 Å². The average Bonchev–Trinajstić information content (AvgIpc) is 1.31. The lowest BCUT2D eigenvalue weighted by Gasteiger charge is -2.12. The monoisotopic (exact) mass is 124 g/mol. The van der Waals surface area contributed by atoms with Crippen molar-refractivity contribution in [3.63, 3.8) is 0 Å². The van der Waals surface area contributed by atoms with Crippen LogP contribution in [0.25, 0.3) is 0 Å². The molecule has 0 saturated heterocycles. The molecule has 0 radical (unpaired) electrons. The second kappa shape index (κ2) is 2.01. The molecule has 0 aromatic heterocycles. The Labute approximate surface area is 46.4 Å². The van der Waals surface area contributed by atoms with Crippen LogP contribution in [-0.2, 0) is 11.6 Å². The SMILES string of the molecule is CC(C)(C)[S+]([O-])F. The Kier molecular flexibility index (Phi) is 2.08. The van der Waals surface area contributed by atoms with Crippen molar-refractivity contribution in [1.29, 1.82) is 0 Å². The minimum Gasteiger partial charge on any atom is -0.580 e. The van der Waals surface area contributed by atoms with Crippen LogP contribution in [0.3, 0.4) is 0 Å². The molecule has 3 heteroatoms. The summed E-state index contributed by atoms with van der Waals surface area (Å²) in [5.74, 6) is 0. The minimum atomic E-state index is -2.18. The fourth-order valence-electron chi connectivity index (χ4n) is 0. The highest BCUT2D eigenvalue weighted by Crippen LogP contribution is 2.15. The summed E-state index contributed by atoms with van der Waals surface area (Å²) in [6, 6.07) is 0. The summed E-state index contributed by atoms with van der Waals surface area (Å²) in [6.45, 7) is 4.76. The van der Waals surface area contributed by atoms with Crippen LogP contribution >= 0.6 is 0 Å². The van der Waals surface area contributed by atoms with Gasteiger partial charge < -0.3 is 4.55 Å². The van der Waals surface area contributed by atoms with Crippen molar-refractivity contribution in [1.82, 2.24) is 0 Å². The van der Waals surface area contributed by atoms with Crippen molar-refractivity contribution in [2.24, 2.45) is 0 Å². The van der Waals surface area contributed by atoms with E-state index in [2.05, 4.69) is 0 Å². The second-order valence-corrected chi connectivity index (χ2v) is 4.01. The van der Waals surface area contributed by atoms with E-state index in [1.165, 1.54) is 0 Å². The zero-order valence-electron chi connectivity index (χ0n) is 4.69. The van der Waals surface area contributed by atoms with Gasteiger partial charge in [0, 0.05) is 3.89 Å². The van der Waals surface area contributed by atoms with E-state index in [0.717, 1.165) is 0 Å². The highest BCUT2D eigenvalue weighted by atomic mass is 32.3. The van der Waals surface area contributed by atoms with Gasteiger partial charge in [-0.05, 0) is 20.8 Å². The van der Waals surface area contributed by atoms with E-state index in [9.17, 15) is 8.44 Å². The van der Waals surface area contributed by atoms with Crippen LogP contribution in [0.2, 0.25) is 0 Å². The molecule has 1 atom stereocenters. The van der Waals surface area contributed by atoms with Crippen LogP contribution in [0.5, 0.6) is 0 Å². The number of rotatable bonds is 0. The van der Waals surface area contributed by atoms with Gasteiger partial charge in [0.05, 0.1) is 0 Å². The highest BCUT2D eigenvalue weighted by Gasteiger charge is 2.26. The average molecular weight is 124 g/mol. The van der Waals surface area contributed by atoms with Crippen LogP contribution in [0.1, 0.15) is 20.8 Å². The summed E-state index contributed by atoms with van der Waals surface area (Å²) in [7, 11) is 0. The van der Waals surface area contributed by atoms with Gasteiger partial charge in [0.25, 0.3) is 0 Å². The second-order valence-electron chi connectivity index (χ2n) is 2.34. The number of hydrogen-bond acceptors (Lipinski definition) is 1. The minimum absolute atomic E-state index is 0.694. The van der Waals surface area contributed by atoms with E-state index in [-0.39, 0.29) is 0 Å². The van der Waals surface area contributed by atoms with Crippen LogP contribution in [0.4, 0.5) is 3.89 Å². The maximum Gasteiger partial charge on any atom is 0.182 e. The summed E-state index contributed by atoms with van der Waals surface area (Å²) in [5.41, 5.74) is 0. The standard InChI is InChI=1S/C4H9FOS/c1-4(2,3)7(5)6/h1-3H3. The molecule has 0 N–H and O–H groups in total. The molecule has 0 aliphatic rings. The molecule has 0 aromatic carbocycles. The first-order valence-corrected chi connectivity index (χ1v) is 3.08. The van der Waals surface area contributed by atoms with Crippen LogP contribution < -0.4 is 0 Å². The molecule has 0 amide bonds. The summed E-state index contributed by atoms with van der Waals surface area (Å²) in [5, 5.41) is 0. The van der Waals surface area contributed by atoms with Crippen molar-refractivity contribution in [3.8, 4) is 0 Å². The molecule has 1 unspecified atom stereocenters. The van der Waals surface area contributed by atoms with E-state index < -0.39 is 16.3 Å².